The molecule has 1 aliphatic heterocycles. The highest BCUT2D eigenvalue weighted by atomic mass is 19.1. The average molecular weight is 357 g/mol. The third-order valence-corrected chi connectivity index (χ3v) is 4.69. The van der Waals surface area contributed by atoms with Crippen molar-refractivity contribution in [2.45, 2.75) is 32.6 Å². The van der Waals surface area contributed by atoms with E-state index in [1.54, 1.807) is 12.1 Å². The summed E-state index contributed by atoms with van der Waals surface area (Å²) in [6, 6.07) is 4.62. The van der Waals surface area contributed by atoms with Gasteiger partial charge in [0.25, 0.3) is 5.89 Å². The summed E-state index contributed by atoms with van der Waals surface area (Å²) in [6.45, 7) is 5.51. The summed E-state index contributed by atoms with van der Waals surface area (Å²) in [4.78, 5) is 18.5. The van der Waals surface area contributed by atoms with Crippen LogP contribution in [0.25, 0.3) is 22.4 Å². The molecular weight excluding hydrogens is 337 g/mol. The Kier molecular flexibility index (Phi) is 4.22. The number of fused-ring (bicyclic) bond motifs is 1. The predicted octanol–water partition coefficient (Wildman–Crippen LogP) is 3.98. The van der Waals surface area contributed by atoms with Gasteiger partial charge in [0.2, 0.25) is 5.91 Å². The smallest absolute Gasteiger partial charge is 0.258 e. The Labute approximate surface area is 150 Å². The van der Waals surface area contributed by atoms with Gasteiger partial charge < -0.3 is 13.8 Å². The molecule has 1 atom stereocenters. The van der Waals surface area contributed by atoms with E-state index in [0.717, 1.165) is 6.54 Å². The molecule has 26 heavy (non-hydrogen) atoms. The van der Waals surface area contributed by atoms with E-state index in [0.29, 0.717) is 48.0 Å². The Balaban J connectivity index is 1.61. The summed E-state index contributed by atoms with van der Waals surface area (Å²) < 4.78 is 24.4. The molecule has 3 aromatic rings. The number of benzene rings is 1. The van der Waals surface area contributed by atoms with E-state index in [1.807, 2.05) is 4.90 Å². The minimum Gasteiger partial charge on any atom is -0.461 e. The van der Waals surface area contributed by atoms with Gasteiger partial charge in [0.1, 0.15) is 0 Å². The number of carbonyl (C=O) groups excluding carboxylic acids is 1. The highest BCUT2D eigenvalue weighted by Gasteiger charge is 2.30. The molecule has 0 bridgehead atoms. The molecule has 0 N–H and O–H groups in total. The molecule has 7 heteroatoms. The third-order valence-electron chi connectivity index (χ3n) is 4.69. The molecule has 1 aromatic carbocycles. The van der Waals surface area contributed by atoms with Gasteiger partial charge in [-0.3, -0.25) is 4.79 Å². The van der Waals surface area contributed by atoms with E-state index >= 15 is 0 Å². The fourth-order valence-corrected chi connectivity index (χ4v) is 3.47. The lowest BCUT2D eigenvalue weighted by Crippen LogP contribution is -2.41. The lowest BCUT2D eigenvalue weighted by molar-refractivity contribution is -0.134. The minimum atomic E-state index is -0.427. The number of hydrogen-bond donors (Lipinski definition) is 0. The summed E-state index contributed by atoms with van der Waals surface area (Å²) in [5.74, 6) is 1.12. The van der Waals surface area contributed by atoms with E-state index in [4.69, 9.17) is 8.94 Å². The Morgan fingerprint density at radius 1 is 1.35 bits per heavy atom. The second kappa shape index (κ2) is 6.55. The van der Waals surface area contributed by atoms with E-state index in [9.17, 15) is 9.18 Å². The fraction of sp³-hybridized carbons (Fsp3) is 0.421. The van der Waals surface area contributed by atoms with Crippen molar-refractivity contribution in [1.82, 2.24) is 15.0 Å². The molecule has 0 aliphatic carbocycles. The van der Waals surface area contributed by atoms with Gasteiger partial charge in [0.05, 0.1) is 11.8 Å². The maximum absolute atomic E-state index is 13.8. The van der Waals surface area contributed by atoms with Gasteiger partial charge in [0, 0.05) is 30.8 Å². The van der Waals surface area contributed by atoms with Gasteiger partial charge in [-0.15, -0.1) is 0 Å². The van der Waals surface area contributed by atoms with Crippen molar-refractivity contribution in [3.05, 3.63) is 36.1 Å². The van der Waals surface area contributed by atoms with Crippen molar-refractivity contribution in [3.63, 3.8) is 0 Å². The summed E-state index contributed by atoms with van der Waals surface area (Å²) in [5, 5.41) is 4.72. The first-order valence-electron chi connectivity index (χ1n) is 8.80. The second-order valence-corrected chi connectivity index (χ2v) is 7.14. The van der Waals surface area contributed by atoms with Crippen LogP contribution in [0.4, 0.5) is 4.39 Å². The topological polar surface area (TPSA) is 72.4 Å². The number of aromatic nitrogens is 2. The fourth-order valence-electron chi connectivity index (χ4n) is 3.47. The number of nitrogens with zero attached hydrogens (tertiary/aromatic N) is 3. The Bertz CT molecular complexity index is 947. The van der Waals surface area contributed by atoms with Gasteiger partial charge in [-0.25, -0.2) is 4.39 Å². The van der Waals surface area contributed by atoms with Crippen LogP contribution in [0.5, 0.6) is 0 Å². The van der Waals surface area contributed by atoms with Crippen molar-refractivity contribution in [3.8, 4) is 11.5 Å². The Morgan fingerprint density at radius 2 is 2.19 bits per heavy atom. The van der Waals surface area contributed by atoms with Gasteiger partial charge >= 0.3 is 0 Å². The molecule has 1 aliphatic rings. The monoisotopic (exact) mass is 357 g/mol. The van der Waals surface area contributed by atoms with Crippen molar-refractivity contribution >= 4 is 16.9 Å². The van der Waals surface area contributed by atoms with Crippen LogP contribution in [0.15, 0.2) is 33.4 Å². The molecule has 1 amide bonds. The van der Waals surface area contributed by atoms with Crippen LogP contribution < -0.4 is 0 Å². The molecule has 0 saturated carbocycles. The first-order chi connectivity index (χ1) is 12.5. The second-order valence-electron chi connectivity index (χ2n) is 7.14. The standard InChI is InChI=1S/C19H20FN3O3/c1-11(2)9-23-10-12(3-6-16(23)24)18-21-19(26-22-18)14-4-5-15(20)17-13(14)7-8-25-17/h4-5,7-8,11-12H,3,6,9-10H2,1-2H3. The predicted molar refractivity (Wildman–Crippen MR) is 92.9 cm³/mol. The van der Waals surface area contributed by atoms with Crippen LogP contribution in [0.2, 0.25) is 0 Å². The van der Waals surface area contributed by atoms with Crippen molar-refractivity contribution in [2.24, 2.45) is 5.92 Å². The molecule has 3 heterocycles. The van der Waals surface area contributed by atoms with Gasteiger partial charge in [-0.2, -0.15) is 4.98 Å². The number of halogens is 1. The Morgan fingerprint density at radius 3 is 3.00 bits per heavy atom. The molecule has 4 rings (SSSR count). The summed E-state index contributed by atoms with van der Waals surface area (Å²) in [5.41, 5.74) is 0.813. The first kappa shape index (κ1) is 16.8. The molecule has 6 nitrogen and oxygen atoms in total. The number of furan rings is 1. The number of amides is 1. The molecule has 136 valence electrons. The zero-order valence-electron chi connectivity index (χ0n) is 14.7. The number of likely N-dealkylation sites (tertiary alicyclic amines) is 1. The summed E-state index contributed by atoms with van der Waals surface area (Å²) in [7, 11) is 0. The van der Waals surface area contributed by atoms with Crippen LogP contribution in [-0.2, 0) is 4.79 Å². The van der Waals surface area contributed by atoms with Gasteiger partial charge in [0.15, 0.2) is 17.2 Å². The van der Waals surface area contributed by atoms with Crippen molar-refractivity contribution in [1.29, 1.82) is 0 Å². The Hall–Kier alpha value is -2.70. The van der Waals surface area contributed by atoms with E-state index < -0.39 is 5.82 Å². The number of piperidine rings is 1. The van der Waals surface area contributed by atoms with E-state index in [-0.39, 0.29) is 17.4 Å². The largest absolute Gasteiger partial charge is 0.461 e. The van der Waals surface area contributed by atoms with Crippen molar-refractivity contribution < 1.29 is 18.1 Å². The highest BCUT2D eigenvalue weighted by molar-refractivity contribution is 5.91. The average Bonchev–Trinajstić information content (AvgIpc) is 3.27. The molecule has 0 spiro atoms. The molecule has 1 unspecified atom stereocenters. The van der Waals surface area contributed by atoms with Crippen molar-refractivity contribution in [2.75, 3.05) is 13.1 Å². The number of hydrogen-bond acceptors (Lipinski definition) is 5. The van der Waals surface area contributed by atoms with Crippen LogP contribution in [0.3, 0.4) is 0 Å². The number of carbonyl (C=O) groups is 1. The molecular formula is C19H20FN3O3. The maximum atomic E-state index is 13.8. The highest BCUT2D eigenvalue weighted by Crippen LogP contribution is 2.32. The lowest BCUT2D eigenvalue weighted by Gasteiger charge is -2.32. The molecule has 2 aromatic heterocycles. The quantitative estimate of drug-likeness (QED) is 0.706. The summed E-state index contributed by atoms with van der Waals surface area (Å²) >= 11 is 0. The molecule has 1 fully saturated rings. The summed E-state index contributed by atoms with van der Waals surface area (Å²) in [6.07, 6.45) is 2.63. The maximum Gasteiger partial charge on any atom is 0.258 e. The molecule has 0 radical (unpaired) electrons. The van der Waals surface area contributed by atoms with Crippen LogP contribution >= 0.6 is 0 Å². The number of rotatable bonds is 4. The van der Waals surface area contributed by atoms with Gasteiger partial charge in [-0.05, 0) is 30.5 Å². The normalized spacial score (nSPS) is 18.2. The van der Waals surface area contributed by atoms with Crippen LogP contribution in [0.1, 0.15) is 38.4 Å². The zero-order valence-corrected chi connectivity index (χ0v) is 14.7. The van der Waals surface area contributed by atoms with Gasteiger partial charge in [-0.1, -0.05) is 19.0 Å². The SMILES string of the molecule is CC(C)CN1CC(c2noc(-c3ccc(F)c4occc34)n2)CCC1=O. The van der Waals surface area contributed by atoms with Crippen LogP contribution in [-0.4, -0.2) is 34.0 Å². The third kappa shape index (κ3) is 2.98. The molecule has 1 saturated heterocycles. The van der Waals surface area contributed by atoms with Crippen LogP contribution in [0, 0.1) is 11.7 Å². The minimum absolute atomic E-state index is 0.0456. The first-order valence-corrected chi connectivity index (χ1v) is 8.80. The van der Waals surface area contributed by atoms with E-state index in [1.165, 1.54) is 12.3 Å². The van der Waals surface area contributed by atoms with E-state index in [2.05, 4.69) is 24.0 Å². The lowest BCUT2D eigenvalue weighted by atomic mass is 9.96. The zero-order chi connectivity index (χ0) is 18.3.